The zero-order chi connectivity index (χ0) is 15.6. The van der Waals surface area contributed by atoms with E-state index in [-0.39, 0.29) is 11.5 Å². The molecule has 0 aliphatic rings. The summed E-state index contributed by atoms with van der Waals surface area (Å²) in [5.74, 6) is -2.77. The van der Waals surface area contributed by atoms with Crippen LogP contribution in [0, 0.1) is 19.5 Å². The van der Waals surface area contributed by atoms with Crippen LogP contribution in [-0.4, -0.2) is 16.0 Å². The van der Waals surface area contributed by atoms with E-state index in [1.165, 1.54) is 0 Å². The van der Waals surface area contributed by atoms with Gasteiger partial charge in [0, 0.05) is 9.64 Å². The number of rotatable bonds is 4. The highest BCUT2D eigenvalue weighted by atomic mass is 127. The average molecular weight is 403 g/mol. The number of carboxylic acids is 1. The molecule has 6 nitrogen and oxygen atoms in total. The minimum atomic E-state index is -1.53. The molecule has 2 aromatic carbocycles. The highest BCUT2D eigenvalue weighted by Gasteiger charge is 2.23. The molecule has 2 rings (SSSR count). The number of hydrogen-bond acceptors (Lipinski definition) is 4. The number of nitro groups is 1. The molecule has 108 valence electrons. The maximum atomic E-state index is 13.5. The number of aromatic carboxylic acids is 1. The normalized spacial score (nSPS) is 10.2. The summed E-state index contributed by atoms with van der Waals surface area (Å²) in [5.41, 5.74) is -1.34. The second kappa shape index (κ2) is 6.04. The molecule has 0 saturated heterocycles. The zero-order valence-corrected chi connectivity index (χ0v) is 12.4. The number of hydrogen-bond donors (Lipinski definition) is 1. The Morgan fingerprint density at radius 3 is 2.62 bits per heavy atom. The molecule has 8 heteroatoms. The van der Waals surface area contributed by atoms with Crippen LogP contribution in [0.15, 0.2) is 36.4 Å². The number of nitrogens with zero attached hydrogens (tertiary/aromatic N) is 1. The van der Waals surface area contributed by atoms with Crippen LogP contribution in [0.25, 0.3) is 0 Å². The molecule has 0 unspecified atom stereocenters. The van der Waals surface area contributed by atoms with Gasteiger partial charge in [-0.05, 0) is 40.8 Å². The van der Waals surface area contributed by atoms with Crippen molar-refractivity contribution in [2.24, 2.45) is 0 Å². The SMILES string of the molecule is O=C(O)c1cc(Oc2cccc(I)c2)c([N+](=O)[O-])cc1F. The number of ether oxygens (including phenoxy) is 1. The molecular formula is C13H7FINO5. The number of carboxylic acid groups (broad SMARTS) is 1. The molecule has 0 radical (unpaired) electrons. The molecule has 0 amide bonds. The van der Waals surface area contributed by atoms with E-state index in [1.54, 1.807) is 24.3 Å². The van der Waals surface area contributed by atoms with Crippen LogP contribution in [0.2, 0.25) is 0 Å². The smallest absolute Gasteiger partial charge is 0.338 e. The maximum Gasteiger partial charge on any atom is 0.338 e. The molecule has 0 spiro atoms. The first-order valence-corrected chi connectivity index (χ1v) is 6.61. The zero-order valence-electron chi connectivity index (χ0n) is 10.2. The van der Waals surface area contributed by atoms with Crippen molar-refractivity contribution in [3.8, 4) is 11.5 Å². The van der Waals surface area contributed by atoms with Crippen LogP contribution in [0.3, 0.4) is 0 Å². The molecule has 2 aromatic rings. The van der Waals surface area contributed by atoms with E-state index in [1.807, 2.05) is 22.6 Å². The first-order chi connectivity index (χ1) is 9.88. The van der Waals surface area contributed by atoms with E-state index in [0.29, 0.717) is 6.07 Å². The molecule has 0 bridgehead atoms. The van der Waals surface area contributed by atoms with Crippen molar-refractivity contribution in [2.75, 3.05) is 0 Å². The fraction of sp³-hybridized carbons (Fsp3) is 0. The molecular weight excluding hydrogens is 396 g/mol. The molecule has 0 fully saturated rings. The number of halogens is 2. The summed E-state index contributed by atoms with van der Waals surface area (Å²) in [6.07, 6.45) is 0. The predicted molar refractivity (Wildman–Crippen MR) is 79.2 cm³/mol. The fourth-order valence-electron chi connectivity index (χ4n) is 1.59. The standard InChI is InChI=1S/C13H7FINO5/c14-10-6-11(16(19)20)12(5-9(10)13(17)18)21-8-3-1-2-7(15)4-8/h1-6H,(H,17,18). The third-order valence-electron chi connectivity index (χ3n) is 2.50. The van der Waals surface area contributed by atoms with Gasteiger partial charge in [0.1, 0.15) is 11.6 Å². The van der Waals surface area contributed by atoms with Gasteiger partial charge in [0.05, 0.1) is 16.6 Å². The second-order valence-electron chi connectivity index (χ2n) is 3.92. The van der Waals surface area contributed by atoms with Gasteiger partial charge in [-0.15, -0.1) is 0 Å². The van der Waals surface area contributed by atoms with Crippen LogP contribution in [0.4, 0.5) is 10.1 Å². The van der Waals surface area contributed by atoms with Gasteiger partial charge < -0.3 is 9.84 Å². The lowest BCUT2D eigenvalue weighted by molar-refractivity contribution is -0.385. The summed E-state index contributed by atoms with van der Waals surface area (Å²) in [6.45, 7) is 0. The lowest BCUT2D eigenvalue weighted by Crippen LogP contribution is -2.03. The first kappa shape index (κ1) is 15.2. The lowest BCUT2D eigenvalue weighted by Gasteiger charge is -2.08. The van der Waals surface area contributed by atoms with Crippen molar-refractivity contribution in [2.45, 2.75) is 0 Å². The molecule has 0 aromatic heterocycles. The van der Waals surface area contributed by atoms with E-state index in [9.17, 15) is 19.3 Å². The summed E-state index contributed by atoms with van der Waals surface area (Å²) in [4.78, 5) is 21.0. The quantitative estimate of drug-likeness (QED) is 0.476. The van der Waals surface area contributed by atoms with Crippen molar-refractivity contribution in [1.82, 2.24) is 0 Å². The molecule has 0 saturated carbocycles. The van der Waals surface area contributed by atoms with Crippen LogP contribution < -0.4 is 4.74 Å². The highest BCUT2D eigenvalue weighted by molar-refractivity contribution is 14.1. The van der Waals surface area contributed by atoms with E-state index < -0.39 is 28.0 Å². The monoisotopic (exact) mass is 403 g/mol. The number of benzene rings is 2. The van der Waals surface area contributed by atoms with Gasteiger partial charge >= 0.3 is 11.7 Å². The highest BCUT2D eigenvalue weighted by Crippen LogP contribution is 2.34. The van der Waals surface area contributed by atoms with E-state index in [0.717, 1.165) is 9.64 Å². The molecule has 0 heterocycles. The molecule has 0 atom stereocenters. The van der Waals surface area contributed by atoms with Crippen molar-refractivity contribution in [3.63, 3.8) is 0 Å². The predicted octanol–water partition coefficient (Wildman–Crippen LogP) is 3.83. The first-order valence-electron chi connectivity index (χ1n) is 5.53. The van der Waals surface area contributed by atoms with E-state index in [4.69, 9.17) is 9.84 Å². The Bertz CT molecular complexity index is 734. The molecule has 0 aliphatic carbocycles. The minimum absolute atomic E-state index is 0.285. The topological polar surface area (TPSA) is 89.7 Å². The molecule has 1 N–H and O–H groups in total. The van der Waals surface area contributed by atoms with Crippen LogP contribution in [0.1, 0.15) is 10.4 Å². The number of carbonyl (C=O) groups is 1. The summed E-state index contributed by atoms with van der Waals surface area (Å²) in [6, 6.07) is 7.95. The molecule has 0 aliphatic heterocycles. The van der Waals surface area contributed by atoms with Gasteiger partial charge in [0.15, 0.2) is 0 Å². The van der Waals surface area contributed by atoms with Gasteiger partial charge in [0.25, 0.3) is 0 Å². The Labute approximate surface area is 131 Å². The third-order valence-corrected chi connectivity index (χ3v) is 3.17. The van der Waals surface area contributed by atoms with Gasteiger partial charge in [-0.3, -0.25) is 10.1 Å². The van der Waals surface area contributed by atoms with Crippen molar-refractivity contribution in [1.29, 1.82) is 0 Å². The van der Waals surface area contributed by atoms with E-state index >= 15 is 0 Å². The Morgan fingerprint density at radius 1 is 1.33 bits per heavy atom. The summed E-state index contributed by atoms with van der Waals surface area (Å²) in [5, 5.41) is 19.8. The largest absolute Gasteiger partial charge is 0.478 e. The Kier molecular flexibility index (Phi) is 4.36. The van der Waals surface area contributed by atoms with Crippen molar-refractivity contribution >= 4 is 34.2 Å². The Balaban J connectivity index is 2.52. The Hall–Kier alpha value is -2.23. The van der Waals surface area contributed by atoms with E-state index in [2.05, 4.69) is 0 Å². The van der Waals surface area contributed by atoms with Crippen LogP contribution >= 0.6 is 22.6 Å². The third kappa shape index (κ3) is 3.45. The van der Waals surface area contributed by atoms with Gasteiger partial charge in [-0.25, -0.2) is 9.18 Å². The summed E-state index contributed by atoms with van der Waals surface area (Å²) in [7, 11) is 0. The summed E-state index contributed by atoms with van der Waals surface area (Å²) >= 11 is 2.02. The van der Waals surface area contributed by atoms with Crippen molar-refractivity contribution < 1.29 is 24.0 Å². The Morgan fingerprint density at radius 2 is 2.05 bits per heavy atom. The lowest BCUT2D eigenvalue weighted by atomic mass is 10.1. The van der Waals surface area contributed by atoms with Gasteiger partial charge in [-0.2, -0.15) is 0 Å². The van der Waals surface area contributed by atoms with Gasteiger partial charge in [-0.1, -0.05) is 6.07 Å². The average Bonchev–Trinajstić information content (AvgIpc) is 2.39. The van der Waals surface area contributed by atoms with Crippen LogP contribution in [-0.2, 0) is 0 Å². The maximum absolute atomic E-state index is 13.5. The molecule has 21 heavy (non-hydrogen) atoms. The van der Waals surface area contributed by atoms with Crippen LogP contribution in [0.5, 0.6) is 11.5 Å². The fourth-order valence-corrected chi connectivity index (χ4v) is 2.10. The minimum Gasteiger partial charge on any atom is -0.478 e. The second-order valence-corrected chi connectivity index (χ2v) is 5.17. The van der Waals surface area contributed by atoms with Crippen molar-refractivity contribution in [3.05, 3.63) is 61.5 Å². The van der Waals surface area contributed by atoms with Gasteiger partial charge in [0.2, 0.25) is 5.75 Å². The summed E-state index contributed by atoms with van der Waals surface area (Å²) < 4.78 is 19.7. The number of nitro benzene ring substituents is 1.